The third kappa shape index (κ3) is 4.45. The molecule has 1 N–H and O–H groups in total. The number of benzene rings is 3. The predicted molar refractivity (Wildman–Crippen MR) is 144 cm³/mol. The van der Waals surface area contributed by atoms with Crippen LogP contribution in [0.15, 0.2) is 48.5 Å². The van der Waals surface area contributed by atoms with Crippen LogP contribution in [0.4, 0.5) is 25.0 Å². The fourth-order valence-electron chi connectivity index (χ4n) is 6.14. The van der Waals surface area contributed by atoms with Gasteiger partial charge in [-0.05, 0) is 60.7 Å². The second-order valence-electron chi connectivity index (χ2n) is 10.7. The number of fused-ring (bicyclic) bond motifs is 2. The van der Waals surface area contributed by atoms with Crippen molar-refractivity contribution >= 4 is 34.1 Å². The quantitative estimate of drug-likeness (QED) is 0.558. The van der Waals surface area contributed by atoms with Gasteiger partial charge in [-0.1, -0.05) is 12.1 Å². The molecule has 198 valence electrons. The first-order valence-corrected chi connectivity index (χ1v) is 13.1. The van der Waals surface area contributed by atoms with Crippen LogP contribution in [0.3, 0.4) is 0 Å². The summed E-state index contributed by atoms with van der Waals surface area (Å²) in [5.74, 6) is -1.23. The highest BCUT2D eigenvalue weighted by molar-refractivity contribution is 6.07. The van der Waals surface area contributed by atoms with Crippen molar-refractivity contribution in [1.29, 1.82) is 0 Å². The van der Waals surface area contributed by atoms with Crippen molar-refractivity contribution in [1.82, 2.24) is 14.7 Å². The Morgan fingerprint density at radius 1 is 0.921 bits per heavy atom. The summed E-state index contributed by atoms with van der Waals surface area (Å²) in [7, 11) is 1.85. The first kappa shape index (κ1) is 24.6. The van der Waals surface area contributed by atoms with E-state index in [4.69, 9.17) is 0 Å². The van der Waals surface area contributed by atoms with Crippen LogP contribution in [-0.2, 0) is 0 Å². The zero-order valence-electron chi connectivity index (χ0n) is 21.6. The molecule has 3 heterocycles. The molecule has 3 aliphatic rings. The Morgan fingerprint density at radius 2 is 1.76 bits per heavy atom. The van der Waals surface area contributed by atoms with E-state index in [-0.39, 0.29) is 17.9 Å². The van der Waals surface area contributed by atoms with Crippen molar-refractivity contribution < 1.29 is 18.4 Å². The van der Waals surface area contributed by atoms with Gasteiger partial charge in [-0.25, -0.2) is 13.6 Å². The topological polar surface area (TPSA) is 59.1 Å². The van der Waals surface area contributed by atoms with Crippen LogP contribution in [0.2, 0.25) is 0 Å². The van der Waals surface area contributed by atoms with Crippen LogP contribution in [-0.4, -0.2) is 85.0 Å². The molecule has 3 aromatic rings. The number of rotatable bonds is 4. The van der Waals surface area contributed by atoms with Crippen LogP contribution >= 0.6 is 0 Å². The molecule has 3 fully saturated rings. The fourth-order valence-corrected chi connectivity index (χ4v) is 6.14. The van der Waals surface area contributed by atoms with E-state index < -0.39 is 11.7 Å². The number of anilines is 2. The summed E-state index contributed by atoms with van der Waals surface area (Å²) in [5.41, 5.74) is 2.32. The number of hydrogen-bond acceptors (Lipinski definition) is 4. The van der Waals surface area contributed by atoms with E-state index in [0.29, 0.717) is 22.7 Å². The van der Waals surface area contributed by atoms with Gasteiger partial charge in [0, 0.05) is 74.7 Å². The lowest BCUT2D eigenvalue weighted by Crippen LogP contribution is -2.55. The molecule has 3 saturated heterocycles. The maximum atomic E-state index is 14.6. The number of nitrogens with one attached hydrogen (secondary N) is 1. The van der Waals surface area contributed by atoms with Gasteiger partial charge in [0.25, 0.3) is 5.91 Å². The van der Waals surface area contributed by atoms with Crippen molar-refractivity contribution in [2.45, 2.75) is 25.4 Å². The maximum Gasteiger partial charge on any atom is 0.320 e. The monoisotopic (exact) mass is 519 g/mol. The number of carbonyl (C=O) groups is 2. The molecule has 0 unspecified atom stereocenters. The Morgan fingerprint density at radius 3 is 2.61 bits per heavy atom. The summed E-state index contributed by atoms with van der Waals surface area (Å²) < 4.78 is 29.0. The minimum Gasteiger partial charge on any atom is -0.370 e. The highest BCUT2D eigenvalue weighted by atomic mass is 19.1. The number of likely N-dealkylation sites (N-methyl/N-ethyl adjacent to an activating group) is 1. The first-order chi connectivity index (χ1) is 18.3. The Labute approximate surface area is 220 Å². The number of carbonyl (C=O) groups excluding carboxylic acids is 2. The van der Waals surface area contributed by atoms with Crippen LogP contribution < -0.4 is 10.2 Å². The summed E-state index contributed by atoms with van der Waals surface area (Å²) in [4.78, 5) is 33.6. The van der Waals surface area contributed by atoms with Crippen molar-refractivity contribution in [2.24, 2.45) is 0 Å². The molecule has 0 spiro atoms. The van der Waals surface area contributed by atoms with Gasteiger partial charge in [-0.15, -0.1) is 0 Å². The number of aryl methyl sites for hydroxylation is 1. The highest BCUT2D eigenvalue weighted by Crippen LogP contribution is 2.30. The lowest BCUT2D eigenvalue weighted by atomic mass is 10.0. The Bertz CT molecular complexity index is 1430. The number of urea groups is 1. The molecule has 7 nitrogen and oxygen atoms in total. The van der Waals surface area contributed by atoms with Gasteiger partial charge in [-0.2, -0.15) is 0 Å². The lowest BCUT2D eigenvalue weighted by molar-refractivity contribution is 0.0947. The standard InChI is InChI=1S/C29H31F2N5O2/c1-18-3-6-27(31)26-11-19(4-5-25(18)26)28(37)32-21-12-20(30)13-23(14-21)34-8-7-22(16-34)35-9-10-36-24(17-35)15-33(2)29(36)38/h3-6,11-14,22,24H,7-10,15-17H2,1-2H3,(H,32,37)/t22-,24+/m0/s1. The lowest BCUT2D eigenvalue weighted by Gasteiger charge is -2.39. The number of hydrogen-bond donors (Lipinski definition) is 1. The van der Waals surface area contributed by atoms with Crippen LogP contribution in [0.5, 0.6) is 0 Å². The average Bonchev–Trinajstić information content (AvgIpc) is 3.50. The zero-order valence-corrected chi connectivity index (χ0v) is 21.6. The predicted octanol–water partition coefficient (Wildman–Crippen LogP) is 4.31. The number of amides is 3. The third-order valence-corrected chi connectivity index (χ3v) is 8.20. The molecule has 0 aliphatic carbocycles. The van der Waals surface area contributed by atoms with Crippen molar-refractivity contribution in [3.63, 3.8) is 0 Å². The molecular formula is C29H31F2N5O2. The molecule has 3 aliphatic heterocycles. The maximum absolute atomic E-state index is 14.6. The van der Waals surface area contributed by atoms with E-state index in [1.54, 1.807) is 29.2 Å². The van der Waals surface area contributed by atoms with Crippen molar-refractivity contribution in [3.05, 3.63) is 71.3 Å². The summed E-state index contributed by atoms with van der Waals surface area (Å²) in [6, 6.07) is 13.3. The molecular weight excluding hydrogens is 488 g/mol. The SMILES string of the molecule is Cc1ccc(F)c2cc(C(=O)Nc3cc(F)cc(N4CC[C@H](N5CCN6C(=O)N(C)C[C@@H]6C5)C4)c3)ccc12. The molecule has 0 saturated carbocycles. The molecule has 3 amide bonds. The number of nitrogens with zero attached hydrogens (tertiary/aromatic N) is 4. The van der Waals surface area contributed by atoms with Gasteiger partial charge < -0.3 is 20.0 Å². The number of halogens is 2. The molecule has 38 heavy (non-hydrogen) atoms. The molecule has 3 aromatic carbocycles. The van der Waals surface area contributed by atoms with Crippen molar-refractivity contribution in [2.75, 3.05) is 56.5 Å². The normalized spacial score (nSPS) is 21.9. The number of piperazine rings is 1. The molecule has 0 radical (unpaired) electrons. The Kier molecular flexibility index (Phi) is 6.18. The third-order valence-electron chi connectivity index (χ3n) is 8.20. The van der Waals surface area contributed by atoms with E-state index in [1.165, 1.54) is 24.3 Å². The van der Waals surface area contributed by atoms with E-state index >= 15 is 0 Å². The Balaban J connectivity index is 1.14. The summed E-state index contributed by atoms with van der Waals surface area (Å²) >= 11 is 0. The molecule has 0 bridgehead atoms. The van der Waals surface area contributed by atoms with Crippen LogP contribution in [0.25, 0.3) is 10.8 Å². The minimum atomic E-state index is -0.428. The van der Waals surface area contributed by atoms with E-state index in [2.05, 4.69) is 15.1 Å². The van der Waals surface area contributed by atoms with Crippen LogP contribution in [0.1, 0.15) is 22.3 Å². The largest absolute Gasteiger partial charge is 0.370 e. The van der Waals surface area contributed by atoms with Gasteiger partial charge in [0.1, 0.15) is 11.6 Å². The minimum absolute atomic E-state index is 0.112. The van der Waals surface area contributed by atoms with Gasteiger partial charge in [0.15, 0.2) is 0 Å². The first-order valence-electron chi connectivity index (χ1n) is 13.1. The second kappa shape index (κ2) is 9.54. The van der Waals surface area contributed by atoms with E-state index in [9.17, 15) is 18.4 Å². The van der Waals surface area contributed by atoms with Gasteiger partial charge in [-0.3, -0.25) is 9.69 Å². The van der Waals surface area contributed by atoms with Gasteiger partial charge in [0.2, 0.25) is 0 Å². The van der Waals surface area contributed by atoms with Crippen molar-refractivity contribution in [3.8, 4) is 0 Å². The Hall–Kier alpha value is -3.72. The molecule has 0 aromatic heterocycles. The summed E-state index contributed by atoms with van der Waals surface area (Å²) in [5, 5.41) is 3.93. The van der Waals surface area contributed by atoms with E-state index in [1.807, 2.05) is 18.9 Å². The van der Waals surface area contributed by atoms with Gasteiger partial charge in [0.05, 0.1) is 6.04 Å². The highest BCUT2D eigenvalue weighted by Gasteiger charge is 2.41. The fraction of sp³-hybridized carbons (Fsp3) is 0.379. The molecule has 6 rings (SSSR count). The summed E-state index contributed by atoms with van der Waals surface area (Å²) in [6.45, 7) is 6.62. The zero-order chi connectivity index (χ0) is 26.6. The molecule has 9 heteroatoms. The van der Waals surface area contributed by atoms with E-state index in [0.717, 1.165) is 62.3 Å². The van der Waals surface area contributed by atoms with Gasteiger partial charge >= 0.3 is 6.03 Å². The average molecular weight is 520 g/mol. The summed E-state index contributed by atoms with van der Waals surface area (Å²) in [6.07, 6.45) is 0.955. The van der Waals surface area contributed by atoms with Crippen LogP contribution in [0, 0.1) is 18.6 Å². The smallest absolute Gasteiger partial charge is 0.320 e. The molecule has 2 atom stereocenters. The second-order valence-corrected chi connectivity index (χ2v) is 10.7.